The molecule has 0 saturated heterocycles. The SMILES string of the molecule is O=C(NCC1CCCC1CO)c1ccc2[nH]ncc2c1. The minimum absolute atomic E-state index is 0.0586. The Morgan fingerprint density at radius 2 is 2.25 bits per heavy atom. The molecule has 106 valence electrons. The molecule has 1 amide bonds. The second-order valence-corrected chi connectivity index (χ2v) is 5.52. The number of rotatable bonds is 4. The quantitative estimate of drug-likeness (QED) is 0.793. The maximum atomic E-state index is 12.2. The molecule has 1 fully saturated rings. The lowest BCUT2D eigenvalue weighted by Crippen LogP contribution is -2.31. The van der Waals surface area contributed by atoms with Gasteiger partial charge in [0.2, 0.25) is 0 Å². The number of amides is 1. The molecule has 3 rings (SSSR count). The highest BCUT2D eigenvalue weighted by molar-refractivity contribution is 5.97. The Kier molecular flexibility index (Phi) is 3.69. The van der Waals surface area contributed by atoms with E-state index in [1.807, 2.05) is 12.1 Å². The van der Waals surface area contributed by atoms with Gasteiger partial charge < -0.3 is 10.4 Å². The van der Waals surface area contributed by atoms with Gasteiger partial charge in [-0.2, -0.15) is 5.10 Å². The highest BCUT2D eigenvalue weighted by Gasteiger charge is 2.26. The molecule has 1 aliphatic rings. The molecule has 5 heteroatoms. The number of aliphatic hydroxyl groups excluding tert-OH is 1. The van der Waals surface area contributed by atoms with E-state index in [1.165, 1.54) is 0 Å². The highest BCUT2D eigenvalue weighted by Crippen LogP contribution is 2.30. The Labute approximate surface area is 117 Å². The molecule has 2 unspecified atom stereocenters. The molecule has 1 saturated carbocycles. The molecule has 0 bridgehead atoms. The van der Waals surface area contributed by atoms with E-state index in [0.717, 1.165) is 30.2 Å². The Bertz CT molecular complexity index is 608. The molecule has 5 nitrogen and oxygen atoms in total. The summed E-state index contributed by atoms with van der Waals surface area (Å²) in [6.07, 6.45) is 5.02. The summed E-state index contributed by atoms with van der Waals surface area (Å²) in [5.74, 6) is 0.685. The molecule has 0 aliphatic heterocycles. The van der Waals surface area contributed by atoms with E-state index in [9.17, 15) is 9.90 Å². The van der Waals surface area contributed by atoms with Gasteiger partial charge >= 0.3 is 0 Å². The van der Waals surface area contributed by atoms with Gasteiger partial charge in [-0.3, -0.25) is 9.89 Å². The molecular formula is C15H19N3O2. The number of carbonyl (C=O) groups is 1. The van der Waals surface area contributed by atoms with Crippen LogP contribution < -0.4 is 5.32 Å². The standard InChI is InChI=1S/C15H19N3O2/c19-9-12-3-1-2-11(12)7-16-15(20)10-4-5-14-13(6-10)8-17-18-14/h4-6,8,11-12,19H,1-3,7,9H2,(H,16,20)(H,17,18). The van der Waals surface area contributed by atoms with Crippen LogP contribution in [0.5, 0.6) is 0 Å². The predicted octanol–water partition coefficient (Wildman–Crippen LogP) is 1.70. The summed E-state index contributed by atoms with van der Waals surface area (Å²) in [6, 6.07) is 5.50. The van der Waals surface area contributed by atoms with E-state index in [2.05, 4.69) is 15.5 Å². The molecule has 0 radical (unpaired) electrons. The van der Waals surface area contributed by atoms with Crippen molar-refractivity contribution in [1.29, 1.82) is 0 Å². The third-order valence-corrected chi connectivity index (χ3v) is 4.28. The van der Waals surface area contributed by atoms with E-state index in [-0.39, 0.29) is 12.5 Å². The first-order valence-electron chi connectivity index (χ1n) is 7.10. The number of carbonyl (C=O) groups excluding carboxylic acids is 1. The minimum atomic E-state index is -0.0586. The lowest BCUT2D eigenvalue weighted by atomic mass is 9.97. The van der Waals surface area contributed by atoms with Crippen molar-refractivity contribution in [2.45, 2.75) is 19.3 Å². The Balaban J connectivity index is 1.63. The van der Waals surface area contributed by atoms with E-state index in [0.29, 0.717) is 23.9 Å². The Morgan fingerprint density at radius 1 is 1.40 bits per heavy atom. The fourth-order valence-electron chi connectivity index (χ4n) is 3.03. The molecule has 1 aromatic heterocycles. The van der Waals surface area contributed by atoms with Crippen LogP contribution in [0.3, 0.4) is 0 Å². The molecule has 0 spiro atoms. The summed E-state index contributed by atoms with van der Waals surface area (Å²) in [7, 11) is 0. The van der Waals surface area contributed by atoms with E-state index >= 15 is 0 Å². The zero-order valence-electron chi connectivity index (χ0n) is 11.3. The molecule has 1 aromatic carbocycles. The topological polar surface area (TPSA) is 78.0 Å². The van der Waals surface area contributed by atoms with E-state index < -0.39 is 0 Å². The monoisotopic (exact) mass is 273 g/mol. The molecule has 2 atom stereocenters. The summed E-state index contributed by atoms with van der Waals surface area (Å²) < 4.78 is 0. The number of benzene rings is 1. The van der Waals surface area contributed by atoms with Crippen LogP contribution in [0.15, 0.2) is 24.4 Å². The van der Waals surface area contributed by atoms with E-state index in [1.54, 1.807) is 12.3 Å². The van der Waals surface area contributed by atoms with Gasteiger partial charge in [0, 0.05) is 24.1 Å². The summed E-state index contributed by atoms with van der Waals surface area (Å²) in [4.78, 5) is 12.2. The maximum absolute atomic E-state index is 12.2. The Morgan fingerprint density at radius 3 is 3.10 bits per heavy atom. The zero-order chi connectivity index (χ0) is 13.9. The number of hydrogen-bond donors (Lipinski definition) is 3. The summed E-state index contributed by atoms with van der Waals surface area (Å²) >= 11 is 0. The first kappa shape index (κ1) is 13.1. The van der Waals surface area contributed by atoms with Gasteiger partial charge in [0.05, 0.1) is 11.7 Å². The van der Waals surface area contributed by atoms with Crippen molar-refractivity contribution < 1.29 is 9.90 Å². The smallest absolute Gasteiger partial charge is 0.251 e. The van der Waals surface area contributed by atoms with E-state index in [4.69, 9.17) is 0 Å². The van der Waals surface area contributed by atoms with Crippen LogP contribution in [-0.4, -0.2) is 34.4 Å². The van der Waals surface area contributed by atoms with Crippen LogP contribution in [0.4, 0.5) is 0 Å². The second kappa shape index (κ2) is 5.63. The number of fused-ring (bicyclic) bond motifs is 1. The Hall–Kier alpha value is -1.88. The van der Waals surface area contributed by atoms with Gasteiger partial charge in [-0.1, -0.05) is 6.42 Å². The molecule has 2 aromatic rings. The van der Waals surface area contributed by atoms with Gasteiger partial charge in [0.15, 0.2) is 0 Å². The molecule has 20 heavy (non-hydrogen) atoms. The van der Waals surface area contributed by atoms with Crippen molar-refractivity contribution in [2.75, 3.05) is 13.2 Å². The molecule has 1 heterocycles. The fraction of sp³-hybridized carbons (Fsp3) is 0.467. The second-order valence-electron chi connectivity index (χ2n) is 5.52. The molecule has 3 N–H and O–H groups in total. The average molecular weight is 273 g/mol. The van der Waals surface area contributed by atoms with Crippen LogP contribution >= 0.6 is 0 Å². The van der Waals surface area contributed by atoms with Crippen molar-refractivity contribution in [2.24, 2.45) is 11.8 Å². The van der Waals surface area contributed by atoms with Crippen LogP contribution in [0.25, 0.3) is 10.9 Å². The zero-order valence-corrected chi connectivity index (χ0v) is 11.3. The lowest BCUT2D eigenvalue weighted by molar-refractivity contribution is 0.0938. The average Bonchev–Trinajstić information content (AvgIpc) is 3.12. The molecular weight excluding hydrogens is 254 g/mol. The third kappa shape index (κ3) is 2.54. The summed E-state index contributed by atoms with van der Waals surface area (Å²) in [5.41, 5.74) is 1.58. The predicted molar refractivity (Wildman–Crippen MR) is 76.3 cm³/mol. The van der Waals surface area contributed by atoms with Crippen LogP contribution in [0.2, 0.25) is 0 Å². The van der Waals surface area contributed by atoms with Crippen LogP contribution in [0.1, 0.15) is 29.6 Å². The minimum Gasteiger partial charge on any atom is -0.396 e. The number of nitrogens with zero attached hydrogens (tertiary/aromatic N) is 1. The number of aromatic nitrogens is 2. The fourth-order valence-corrected chi connectivity index (χ4v) is 3.03. The normalized spacial score (nSPS) is 22.2. The van der Waals surface area contributed by atoms with Gasteiger partial charge in [-0.05, 0) is 42.9 Å². The van der Waals surface area contributed by atoms with Gasteiger partial charge in [-0.25, -0.2) is 0 Å². The van der Waals surface area contributed by atoms with Gasteiger partial charge in [0.25, 0.3) is 5.91 Å². The summed E-state index contributed by atoms with van der Waals surface area (Å²) in [6.45, 7) is 0.870. The first-order valence-corrected chi connectivity index (χ1v) is 7.10. The number of aliphatic hydroxyl groups is 1. The van der Waals surface area contributed by atoms with Crippen molar-refractivity contribution >= 4 is 16.8 Å². The van der Waals surface area contributed by atoms with Crippen molar-refractivity contribution in [1.82, 2.24) is 15.5 Å². The van der Waals surface area contributed by atoms with Crippen molar-refractivity contribution in [3.8, 4) is 0 Å². The largest absolute Gasteiger partial charge is 0.396 e. The first-order chi connectivity index (χ1) is 9.78. The number of aromatic amines is 1. The van der Waals surface area contributed by atoms with Crippen molar-refractivity contribution in [3.05, 3.63) is 30.0 Å². The highest BCUT2D eigenvalue weighted by atomic mass is 16.3. The number of hydrogen-bond acceptors (Lipinski definition) is 3. The molecule has 1 aliphatic carbocycles. The van der Waals surface area contributed by atoms with Gasteiger partial charge in [0.1, 0.15) is 0 Å². The lowest BCUT2D eigenvalue weighted by Gasteiger charge is -2.17. The van der Waals surface area contributed by atoms with Gasteiger partial charge in [-0.15, -0.1) is 0 Å². The number of nitrogens with one attached hydrogen (secondary N) is 2. The van der Waals surface area contributed by atoms with Crippen LogP contribution in [0, 0.1) is 11.8 Å². The number of H-pyrrole nitrogens is 1. The summed E-state index contributed by atoms with van der Waals surface area (Å²) in [5, 5.41) is 20.0. The third-order valence-electron chi connectivity index (χ3n) is 4.28. The van der Waals surface area contributed by atoms with Crippen LogP contribution in [-0.2, 0) is 0 Å². The maximum Gasteiger partial charge on any atom is 0.251 e. The van der Waals surface area contributed by atoms with Crippen molar-refractivity contribution in [3.63, 3.8) is 0 Å².